The van der Waals surface area contributed by atoms with Crippen molar-refractivity contribution < 1.29 is 19.5 Å². The monoisotopic (exact) mass is 529 g/mol. The second-order valence-corrected chi connectivity index (χ2v) is 11.1. The fourth-order valence-electron chi connectivity index (χ4n) is 4.64. The number of nitrogens with one attached hydrogen (secondary N) is 2. The molecule has 0 radical (unpaired) electrons. The summed E-state index contributed by atoms with van der Waals surface area (Å²) in [5, 5.41) is 15.2. The van der Waals surface area contributed by atoms with Crippen molar-refractivity contribution in [1.82, 2.24) is 15.6 Å². The zero-order chi connectivity index (χ0) is 28.4. The van der Waals surface area contributed by atoms with Crippen LogP contribution in [0, 0.1) is 18.3 Å². The van der Waals surface area contributed by atoms with E-state index in [2.05, 4.69) is 52.9 Å². The van der Waals surface area contributed by atoms with Gasteiger partial charge in [0, 0.05) is 24.9 Å². The van der Waals surface area contributed by atoms with E-state index in [1.165, 1.54) is 11.1 Å². The molecule has 2 atom stereocenters. The molecule has 2 aromatic carbocycles. The Hall–Kier alpha value is -4.00. The zero-order valence-electron chi connectivity index (χ0n) is 23.2. The third kappa shape index (κ3) is 9.06. The van der Waals surface area contributed by atoms with Gasteiger partial charge in [-0.1, -0.05) is 69.3 Å². The first-order valence-electron chi connectivity index (χ1n) is 13.4. The third-order valence-corrected chi connectivity index (χ3v) is 6.82. The largest absolute Gasteiger partial charge is 0.481 e. The molecule has 1 aromatic heterocycles. The topological polar surface area (TPSA) is 108 Å². The Morgan fingerprint density at radius 1 is 0.923 bits per heavy atom. The minimum Gasteiger partial charge on any atom is -0.481 e. The fourth-order valence-corrected chi connectivity index (χ4v) is 4.64. The van der Waals surface area contributed by atoms with Crippen LogP contribution >= 0.6 is 0 Å². The van der Waals surface area contributed by atoms with Crippen LogP contribution in [0.4, 0.5) is 0 Å². The maximum atomic E-state index is 13.2. The molecule has 2 amide bonds. The van der Waals surface area contributed by atoms with Gasteiger partial charge in [-0.15, -0.1) is 0 Å². The van der Waals surface area contributed by atoms with Crippen LogP contribution in [0.15, 0.2) is 73.1 Å². The van der Waals surface area contributed by atoms with Gasteiger partial charge in [-0.2, -0.15) is 0 Å². The van der Waals surface area contributed by atoms with Crippen molar-refractivity contribution in [1.29, 1.82) is 0 Å². The van der Waals surface area contributed by atoms with E-state index >= 15 is 0 Å². The number of hydrogen-bond donors (Lipinski definition) is 3. The second-order valence-electron chi connectivity index (χ2n) is 11.1. The van der Waals surface area contributed by atoms with Crippen LogP contribution in [0.2, 0.25) is 0 Å². The van der Waals surface area contributed by atoms with Crippen LogP contribution < -0.4 is 10.6 Å². The van der Waals surface area contributed by atoms with Gasteiger partial charge in [-0.3, -0.25) is 19.4 Å². The summed E-state index contributed by atoms with van der Waals surface area (Å²) < 4.78 is 0. The maximum absolute atomic E-state index is 13.2. The maximum Gasteiger partial charge on any atom is 0.304 e. The Morgan fingerprint density at radius 2 is 1.62 bits per heavy atom. The van der Waals surface area contributed by atoms with Crippen LogP contribution in [0.5, 0.6) is 0 Å². The smallest absolute Gasteiger partial charge is 0.304 e. The number of carbonyl (C=O) groups is 3. The van der Waals surface area contributed by atoms with Crippen molar-refractivity contribution >= 4 is 17.8 Å². The van der Waals surface area contributed by atoms with E-state index in [9.17, 15) is 19.5 Å². The van der Waals surface area contributed by atoms with Crippen molar-refractivity contribution in [2.45, 2.75) is 66.0 Å². The van der Waals surface area contributed by atoms with Crippen molar-refractivity contribution in [2.75, 3.05) is 0 Å². The number of aromatic nitrogens is 1. The van der Waals surface area contributed by atoms with Crippen LogP contribution in [0.3, 0.4) is 0 Å². The number of carboxylic acids is 1. The number of carbonyl (C=O) groups excluding carboxylic acids is 2. The van der Waals surface area contributed by atoms with Crippen LogP contribution in [0.1, 0.15) is 56.7 Å². The van der Waals surface area contributed by atoms with Gasteiger partial charge in [0.25, 0.3) is 0 Å². The molecule has 0 spiro atoms. The highest BCUT2D eigenvalue weighted by atomic mass is 16.4. The predicted octanol–water partition coefficient (Wildman–Crippen LogP) is 5.32. The molecule has 0 saturated carbocycles. The SMILES string of the molecule is Cc1cc(CCC[C@H](CC(=O)O)C(=O)N[C@H](C(=O)NCc2ccncc2)C(C)(C)C)ccc1-c1ccccc1. The molecule has 1 heterocycles. The molecule has 3 N–H and O–H groups in total. The number of amides is 2. The van der Waals surface area contributed by atoms with E-state index < -0.39 is 29.3 Å². The molecular formula is C32H39N3O4. The summed E-state index contributed by atoms with van der Waals surface area (Å²) in [6.45, 7) is 8.01. The lowest BCUT2D eigenvalue weighted by molar-refractivity contribution is -0.142. The molecule has 0 aliphatic heterocycles. The van der Waals surface area contributed by atoms with Gasteiger partial charge < -0.3 is 15.7 Å². The standard InChI is InChI=1S/C32H39N3O4/c1-22-19-23(13-14-27(22)25-10-6-5-7-11-25)9-8-12-26(20-28(36)37)30(38)35-29(32(2,3)4)31(39)34-21-24-15-17-33-18-16-24/h5-7,10-11,13-19,26,29H,8-9,12,20-21H2,1-4H3,(H,34,39)(H,35,38)(H,36,37)/t26-,29-/m1/s1. The molecule has 7 nitrogen and oxygen atoms in total. The molecular weight excluding hydrogens is 490 g/mol. The summed E-state index contributed by atoms with van der Waals surface area (Å²) in [6.07, 6.45) is 4.82. The Kier molecular flexibility index (Phi) is 10.4. The van der Waals surface area contributed by atoms with Gasteiger partial charge >= 0.3 is 5.97 Å². The first-order valence-corrected chi connectivity index (χ1v) is 13.4. The summed E-state index contributed by atoms with van der Waals surface area (Å²) >= 11 is 0. The second kappa shape index (κ2) is 13.7. The third-order valence-electron chi connectivity index (χ3n) is 6.82. The van der Waals surface area contributed by atoms with Gasteiger partial charge in [0.2, 0.25) is 11.8 Å². The fraction of sp³-hybridized carbons (Fsp3) is 0.375. The lowest BCUT2D eigenvalue weighted by Crippen LogP contribution is -2.54. The number of nitrogens with zero attached hydrogens (tertiary/aromatic N) is 1. The highest BCUT2D eigenvalue weighted by Gasteiger charge is 2.34. The van der Waals surface area contributed by atoms with Gasteiger partial charge in [0.15, 0.2) is 0 Å². The minimum absolute atomic E-state index is 0.284. The Balaban J connectivity index is 1.62. The van der Waals surface area contributed by atoms with E-state index in [1.54, 1.807) is 12.4 Å². The summed E-state index contributed by atoms with van der Waals surface area (Å²) in [5.41, 5.74) is 4.99. The molecule has 206 valence electrons. The van der Waals surface area contributed by atoms with E-state index in [-0.39, 0.29) is 12.3 Å². The van der Waals surface area contributed by atoms with Crippen LogP contribution in [-0.4, -0.2) is 33.9 Å². The molecule has 39 heavy (non-hydrogen) atoms. The summed E-state index contributed by atoms with van der Waals surface area (Å²) in [5.74, 6) is -2.49. The van der Waals surface area contributed by atoms with E-state index in [0.29, 0.717) is 19.4 Å². The average molecular weight is 530 g/mol. The van der Waals surface area contributed by atoms with E-state index in [0.717, 1.165) is 23.1 Å². The quantitative estimate of drug-likeness (QED) is 0.294. The van der Waals surface area contributed by atoms with Crippen LogP contribution in [0.25, 0.3) is 11.1 Å². The number of pyridine rings is 1. The van der Waals surface area contributed by atoms with Crippen molar-refractivity contribution in [3.05, 3.63) is 89.7 Å². The van der Waals surface area contributed by atoms with Gasteiger partial charge in [-0.05, 0) is 71.6 Å². The number of hydrogen-bond acceptors (Lipinski definition) is 4. The summed E-state index contributed by atoms with van der Waals surface area (Å²) in [6, 6.07) is 19.4. The van der Waals surface area contributed by atoms with Crippen molar-refractivity contribution in [2.24, 2.45) is 11.3 Å². The van der Waals surface area contributed by atoms with Crippen molar-refractivity contribution in [3.63, 3.8) is 0 Å². The molecule has 0 bridgehead atoms. The predicted molar refractivity (Wildman–Crippen MR) is 153 cm³/mol. The van der Waals surface area contributed by atoms with E-state index in [4.69, 9.17) is 0 Å². The Labute approximate surface area is 231 Å². The minimum atomic E-state index is -1.03. The molecule has 0 unspecified atom stereocenters. The zero-order valence-corrected chi connectivity index (χ0v) is 23.2. The van der Waals surface area contributed by atoms with Crippen molar-refractivity contribution in [3.8, 4) is 11.1 Å². The van der Waals surface area contributed by atoms with Gasteiger partial charge in [0.05, 0.1) is 6.42 Å². The molecule has 0 fully saturated rings. The molecule has 3 rings (SSSR count). The molecule has 0 saturated heterocycles. The first-order chi connectivity index (χ1) is 18.5. The first kappa shape index (κ1) is 29.6. The Bertz CT molecular complexity index is 1250. The molecule has 0 aliphatic carbocycles. The number of aliphatic carboxylic acids is 1. The normalized spacial score (nSPS) is 12.8. The average Bonchev–Trinajstić information content (AvgIpc) is 2.90. The Morgan fingerprint density at radius 3 is 2.23 bits per heavy atom. The number of benzene rings is 2. The lowest BCUT2D eigenvalue weighted by Gasteiger charge is -2.31. The highest BCUT2D eigenvalue weighted by Crippen LogP contribution is 2.26. The molecule has 7 heteroatoms. The van der Waals surface area contributed by atoms with Crippen LogP contribution in [-0.2, 0) is 27.3 Å². The number of carboxylic acid groups (broad SMARTS) is 1. The number of rotatable bonds is 12. The summed E-state index contributed by atoms with van der Waals surface area (Å²) in [7, 11) is 0. The summed E-state index contributed by atoms with van der Waals surface area (Å²) in [4.78, 5) is 41.8. The molecule has 3 aromatic rings. The highest BCUT2D eigenvalue weighted by molar-refractivity contribution is 5.90. The number of aryl methyl sites for hydroxylation is 2. The van der Waals surface area contributed by atoms with Gasteiger partial charge in [-0.25, -0.2) is 0 Å². The van der Waals surface area contributed by atoms with Gasteiger partial charge in [0.1, 0.15) is 6.04 Å². The molecule has 0 aliphatic rings. The van der Waals surface area contributed by atoms with E-state index in [1.807, 2.05) is 51.1 Å². The lowest BCUT2D eigenvalue weighted by atomic mass is 9.85.